The number of fused-ring (bicyclic) bond motifs is 1. The van der Waals surface area contributed by atoms with E-state index in [9.17, 15) is 5.11 Å². The molecule has 2 heterocycles. The van der Waals surface area contributed by atoms with Gasteiger partial charge in [0.1, 0.15) is 5.52 Å². The molecule has 1 saturated carbocycles. The van der Waals surface area contributed by atoms with E-state index in [-0.39, 0.29) is 12.1 Å². The van der Waals surface area contributed by atoms with E-state index in [1.165, 1.54) is 0 Å². The average molecular weight is 232 g/mol. The van der Waals surface area contributed by atoms with Crippen molar-refractivity contribution in [2.45, 2.75) is 37.8 Å². The van der Waals surface area contributed by atoms with Gasteiger partial charge in [0.25, 0.3) is 0 Å². The van der Waals surface area contributed by atoms with Crippen molar-refractivity contribution < 1.29 is 5.11 Å². The monoisotopic (exact) mass is 232 g/mol. The molecule has 17 heavy (non-hydrogen) atoms. The number of rotatable bonds is 2. The number of aliphatic hydroxyl groups excluding tert-OH is 1. The Labute approximate surface area is 99.5 Å². The third-order valence-electron chi connectivity index (χ3n) is 3.38. The summed E-state index contributed by atoms with van der Waals surface area (Å²) in [5, 5.41) is 17.4. The third kappa shape index (κ3) is 1.98. The second-order valence-electron chi connectivity index (χ2n) is 4.54. The van der Waals surface area contributed by atoms with Gasteiger partial charge in [0, 0.05) is 12.4 Å². The minimum absolute atomic E-state index is 0.109. The summed E-state index contributed by atoms with van der Waals surface area (Å²) >= 11 is 0. The molecule has 0 aromatic carbocycles. The van der Waals surface area contributed by atoms with Crippen LogP contribution in [0.25, 0.3) is 5.52 Å². The van der Waals surface area contributed by atoms with Gasteiger partial charge in [0.15, 0.2) is 5.82 Å². The van der Waals surface area contributed by atoms with Crippen LogP contribution < -0.4 is 5.32 Å². The SMILES string of the molecule is OC1CCCCC1Nc1nccn2nccc12. The van der Waals surface area contributed by atoms with E-state index in [0.29, 0.717) is 0 Å². The highest BCUT2D eigenvalue weighted by Gasteiger charge is 2.23. The van der Waals surface area contributed by atoms with E-state index < -0.39 is 0 Å². The Morgan fingerprint density at radius 1 is 1.29 bits per heavy atom. The Morgan fingerprint density at radius 2 is 2.18 bits per heavy atom. The van der Waals surface area contributed by atoms with Gasteiger partial charge < -0.3 is 10.4 Å². The number of nitrogens with zero attached hydrogens (tertiary/aromatic N) is 3. The fourth-order valence-electron chi connectivity index (χ4n) is 2.42. The number of nitrogens with one attached hydrogen (secondary N) is 1. The van der Waals surface area contributed by atoms with Gasteiger partial charge in [0.2, 0.25) is 0 Å². The number of aliphatic hydroxyl groups is 1. The Bertz CT molecular complexity index is 510. The first-order chi connectivity index (χ1) is 8.34. The van der Waals surface area contributed by atoms with Crippen LogP contribution in [0.1, 0.15) is 25.7 Å². The highest BCUT2D eigenvalue weighted by molar-refractivity contribution is 5.67. The van der Waals surface area contributed by atoms with Gasteiger partial charge >= 0.3 is 0 Å². The van der Waals surface area contributed by atoms with Crippen LogP contribution in [0.5, 0.6) is 0 Å². The lowest BCUT2D eigenvalue weighted by Gasteiger charge is -2.28. The second kappa shape index (κ2) is 4.33. The first-order valence-electron chi connectivity index (χ1n) is 6.07. The number of anilines is 1. The minimum Gasteiger partial charge on any atom is -0.391 e. The minimum atomic E-state index is -0.270. The topological polar surface area (TPSA) is 62.5 Å². The molecule has 1 aliphatic carbocycles. The number of hydrogen-bond acceptors (Lipinski definition) is 4. The molecule has 2 aromatic heterocycles. The number of aromatic nitrogens is 3. The molecule has 5 nitrogen and oxygen atoms in total. The summed E-state index contributed by atoms with van der Waals surface area (Å²) in [6.07, 6.45) is 9.17. The summed E-state index contributed by atoms with van der Waals surface area (Å²) in [4.78, 5) is 4.32. The molecular formula is C12H16N4O. The zero-order valence-electron chi connectivity index (χ0n) is 9.58. The molecule has 0 radical (unpaired) electrons. The Kier molecular flexibility index (Phi) is 2.68. The lowest BCUT2D eigenvalue weighted by molar-refractivity contribution is 0.116. The smallest absolute Gasteiger partial charge is 0.152 e. The van der Waals surface area contributed by atoms with Crippen molar-refractivity contribution in [2.75, 3.05) is 5.32 Å². The second-order valence-corrected chi connectivity index (χ2v) is 4.54. The molecule has 90 valence electrons. The van der Waals surface area contributed by atoms with Crippen molar-refractivity contribution in [3.8, 4) is 0 Å². The van der Waals surface area contributed by atoms with Crippen LogP contribution in [0, 0.1) is 0 Å². The molecular weight excluding hydrogens is 216 g/mol. The molecule has 0 amide bonds. The van der Waals surface area contributed by atoms with Crippen LogP contribution in [0.4, 0.5) is 5.82 Å². The Hall–Kier alpha value is -1.62. The molecule has 2 atom stereocenters. The first-order valence-corrected chi connectivity index (χ1v) is 6.07. The maximum absolute atomic E-state index is 9.94. The zero-order chi connectivity index (χ0) is 11.7. The van der Waals surface area contributed by atoms with Crippen molar-refractivity contribution in [3.05, 3.63) is 24.7 Å². The van der Waals surface area contributed by atoms with Crippen LogP contribution in [0.2, 0.25) is 0 Å². The molecule has 0 bridgehead atoms. The molecule has 2 aromatic rings. The predicted molar refractivity (Wildman–Crippen MR) is 64.9 cm³/mol. The van der Waals surface area contributed by atoms with Crippen molar-refractivity contribution in [3.63, 3.8) is 0 Å². The van der Waals surface area contributed by atoms with E-state index in [0.717, 1.165) is 37.0 Å². The fraction of sp³-hybridized carbons (Fsp3) is 0.500. The van der Waals surface area contributed by atoms with E-state index >= 15 is 0 Å². The summed E-state index contributed by atoms with van der Waals surface area (Å²) in [5.74, 6) is 0.802. The highest BCUT2D eigenvalue weighted by Crippen LogP contribution is 2.23. The van der Waals surface area contributed by atoms with Crippen LogP contribution in [-0.4, -0.2) is 31.9 Å². The standard InChI is InChI=1S/C12H16N4O/c17-11-4-2-1-3-9(11)15-12-10-5-6-14-16(10)8-7-13-12/h5-9,11,17H,1-4H2,(H,13,15). The molecule has 0 spiro atoms. The van der Waals surface area contributed by atoms with Gasteiger partial charge in [-0.1, -0.05) is 12.8 Å². The van der Waals surface area contributed by atoms with E-state index in [2.05, 4.69) is 15.4 Å². The van der Waals surface area contributed by atoms with Crippen molar-refractivity contribution >= 4 is 11.3 Å². The van der Waals surface area contributed by atoms with Gasteiger partial charge in [-0.25, -0.2) is 9.50 Å². The molecule has 2 unspecified atom stereocenters. The van der Waals surface area contributed by atoms with Crippen LogP contribution in [0.3, 0.4) is 0 Å². The average Bonchev–Trinajstić information content (AvgIpc) is 2.81. The fourth-order valence-corrected chi connectivity index (χ4v) is 2.42. The molecule has 0 saturated heterocycles. The van der Waals surface area contributed by atoms with Gasteiger partial charge in [-0.05, 0) is 18.9 Å². The van der Waals surface area contributed by atoms with Crippen molar-refractivity contribution in [1.82, 2.24) is 14.6 Å². The molecule has 5 heteroatoms. The summed E-state index contributed by atoms with van der Waals surface area (Å²) in [6.45, 7) is 0. The van der Waals surface area contributed by atoms with Crippen LogP contribution in [0.15, 0.2) is 24.7 Å². The van der Waals surface area contributed by atoms with Crippen molar-refractivity contribution in [2.24, 2.45) is 0 Å². The summed E-state index contributed by atoms with van der Waals surface area (Å²) < 4.78 is 1.78. The van der Waals surface area contributed by atoms with E-state index in [1.54, 1.807) is 16.9 Å². The molecule has 3 rings (SSSR count). The molecule has 1 aliphatic rings. The maximum atomic E-state index is 9.94. The zero-order valence-corrected chi connectivity index (χ0v) is 9.58. The predicted octanol–water partition coefficient (Wildman–Crippen LogP) is 1.44. The van der Waals surface area contributed by atoms with Gasteiger partial charge in [-0.15, -0.1) is 0 Å². The molecule has 0 aliphatic heterocycles. The lowest BCUT2D eigenvalue weighted by Crippen LogP contribution is -2.36. The summed E-state index contributed by atoms with van der Waals surface area (Å²) in [6, 6.07) is 2.03. The lowest BCUT2D eigenvalue weighted by atomic mass is 9.92. The summed E-state index contributed by atoms with van der Waals surface area (Å²) in [5.41, 5.74) is 0.949. The van der Waals surface area contributed by atoms with Gasteiger partial charge in [-0.3, -0.25) is 0 Å². The third-order valence-corrected chi connectivity index (χ3v) is 3.38. The Balaban J connectivity index is 1.86. The highest BCUT2D eigenvalue weighted by atomic mass is 16.3. The van der Waals surface area contributed by atoms with E-state index in [1.807, 2.05) is 12.3 Å². The van der Waals surface area contributed by atoms with Gasteiger partial charge in [0.05, 0.1) is 18.3 Å². The molecule has 1 fully saturated rings. The quantitative estimate of drug-likeness (QED) is 0.822. The van der Waals surface area contributed by atoms with Crippen molar-refractivity contribution in [1.29, 1.82) is 0 Å². The normalized spacial score (nSPS) is 25.0. The maximum Gasteiger partial charge on any atom is 0.152 e. The Morgan fingerprint density at radius 3 is 3.06 bits per heavy atom. The first kappa shape index (κ1) is 10.5. The summed E-state index contributed by atoms with van der Waals surface area (Å²) in [7, 11) is 0. The van der Waals surface area contributed by atoms with E-state index in [4.69, 9.17) is 0 Å². The van der Waals surface area contributed by atoms with Crippen LogP contribution in [-0.2, 0) is 0 Å². The van der Waals surface area contributed by atoms with Gasteiger partial charge in [-0.2, -0.15) is 5.10 Å². The number of hydrogen-bond donors (Lipinski definition) is 2. The largest absolute Gasteiger partial charge is 0.391 e. The van der Waals surface area contributed by atoms with Crippen LogP contribution >= 0.6 is 0 Å². The molecule has 2 N–H and O–H groups in total.